The van der Waals surface area contributed by atoms with Crippen LogP contribution in [0.4, 0.5) is 0 Å². The van der Waals surface area contributed by atoms with Crippen molar-refractivity contribution in [2.75, 3.05) is 0 Å². The Hall–Kier alpha value is -0.750. The molecule has 0 bridgehead atoms. The van der Waals surface area contributed by atoms with Gasteiger partial charge in [-0.3, -0.25) is 0 Å². The molecule has 0 radical (unpaired) electrons. The largest absolute Gasteiger partial charge is 0.434 e. The first kappa shape index (κ1) is 7.88. The van der Waals surface area contributed by atoms with E-state index in [2.05, 4.69) is 13.8 Å². The molecular weight excluding hydrogens is 171 g/mol. The molecule has 0 unspecified atom stereocenters. The minimum Gasteiger partial charge on any atom is -0.434 e. The van der Waals surface area contributed by atoms with Gasteiger partial charge >= 0.3 is 0 Å². The maximum atomic E-state index is 5.61. The van der Waals surface area contributed by atoms with Crippen molar-refractivity contribution in [3.05, 3.63) is 24.3 Å². The van der Waals surface area contributed by atoms with Gasteiger partial charge in [-0.2, -0.15) is 0 Å². The summed E-state index contributed by atoms with van der Waals surface area (Å²) in [6, 6.07) is 7.81. The van der Waals surface area contributed by atoms with E-state index in [0.29, 0.717) is 5.66 Å². The Kier molecular flexibility index (Phi) is 1.93. The molecule has 2 rings (SSSR count). The first-order chi connectivity index (χ1) is 5.77. The summed E-state index contributed by atoms with van der Waals surface area (Å²) in [5.41, 5.74) is 0.451. The van der Waals surface area contributed by atoms with E-state index in [-0.39, 0.29) is 0 Å². The van der Waals surface area contributed by atoms with E-state index in [4.69, 9.17) is 9.05 Å². The SMILES string of the molecule is CC(C)P1Oc2ccccc2O1. The third-order valence-electron chi connectivity index (χ3n) is 1.65. The number of hydrogen-bond acceptors (Lipinski definition) is 2. The van der Waals surface area contributed by atoms with E-state index in [1.165, 1.54) is 0 Å². The summed E-state index contributed by atoms with van der Waals surface area (Å²) in [6.07, 6.45) is 0. The molecule has 2 nitrogen and oxygen atoms in total. The number of para-hydroxylation sites is 2. The number of fused-ring (bicyclic) bond motifs is 1. The lowest BCUT2D eigenvalue weighted by Crippen LogP contribution is -1.98. The fraction of sp³-hybridized carbons (Fsp3) is 0.333. The van der Waals surface area contributed by atoms with Crippen LogP contribution in [-0.4, -0.2) is 5.66 Å². The van der Waals surface area contributed by atoms with Crippen LogP contribution in [0.5, 0.6) is 11.5 Å². The molecule has 0 saturated carbocycles. The van der Waals surface area contributed by atoms with E-state index in [0.717, 1.165) is 11.5 Å². The van der Waals surface area contributed by atoms with Crippen LogP contribution < -0.4 is 9.05 Å². The van der Waals surface area contributed by atoms with Crippen molar-refractivity contribution in [1.29, 1.82) is 0 Å². The maximum Gasteiger partial charge on any atom is 0.293 e. The van der Waals surface area contributed by atoms with Gasteiger partial charge in [-0.15, -0.1) is 0 Å². The van der Waals surface area contributed by atoms with Crippen molar-refractivity contribution < 1.29 is 9.05 Å². The topological polar surface area (TPSA) is 18.5 Å². The molecular formula is C9H11O2P. The molecule has 0 fully saturated rings. The van der Waals surface area contributed by atoms with E-state index >= 15 is 0 Å². The average Bonchev–Trinajstić information content (AvgIpc) is 2.46. The van der Waals surface area contributed by atoms with Crippen LogP contribution in [0.1, 0.15) is 13.8 Å². The summed E-state index contributed by atoms with van der Waals surface area (Å²) in [5.74, 6) is 1.77. The first-order valence-corrected chi connectivity index (χ1v) is 5.26. The van der Waals surface area contributed by atoms with Gasteiger partial charge in [0.15, 0.2) is 11.5 Å². The minimum absolute atomic E-state index is 0.451. The molecule has 1 aromatic rings. The van der Waals surface area contributed by atoms with Crippen LogP contribution in [0.3, 0.4) is 0 Å². The van der Waals surface area contributed by atoms with Gasteiger partial charge in [0, 0.05) is 5.66 Å². The molecule has 1 heterocycles. The van der Waals surface area contributed by atoms with E-state index in [1.807, 2.05) is 24.3 Å². The normalized spacial score (nSPS) is 15.6. The van der Waals surface area contributed by atoms with Crippen LogP contribution in [-0.2, 0) is 0 Å². The summed E-state index contributed by atoms with van der Waals surface area (Å²) in [6.45, 7) is 4.22. The second-order valence-corrected chi connectivity index (χ2v) is 4.98. The van der Waals surface area contributed by atoms with Gasteiger partial charge in [0.05, 0.1) is 0 Å². The molecule has 0 N–H and O–H groups in total. The second kappa shape index (κ2) is 2.95. The van der Waals surface area contributed by atoms with Gasteiger partial charge in [-0.05, 0) is 12.1 Å². The lowest BCUT2D eigenvalue weighted by atomic mass is 10.3. The highest BCUT2D eigenvalue weighted by molar-refractivity contribution is 7.49. The molecule has 0 saturated heterocycles. The summed E-state index contributed by atoms with van der Waals surface area (Å²) < 4.78 is 11.2. The molecule has 64 valence electrons. The second-order valence-electron chi connectivity index (χ2n) is 3.01. The maximum absolute atomic E-state index is 5.61. The molecule has 12 heavy (non-hydrogen) atoms. The Morgan fingerprint density at radius 3 is 2.00 bits per heavy atom. The third-order valence-corrected chi connectivity index (χ3v) is 3.24. The fourth-order valence-electron chi connectivity index (χ4n) is 1.02. The van der Waals surface area contributed by atoms with Crippen LogP contribution in [0.25, 0.3) is 0 Å². The quantitative estimate of drug-likeness (QED) is 0.621. The summed E-state index contributed by atoms with van der Waals surface area (Å²) >= 11 is 0. The van der Waals surface area contributed by atoms with E-state index in [9.17, 15) is 0 Å². The van der Waals surface area contributed by atoms with Crippen molar-refractivity contribution in [1.82, 2.24) is 0 Å². The number of rotatable bonds is 1. The van der Waals surface area contributed by atoms with Crippen LogP contribution in [0.15, 0.2) is 24.3 Å². The third kappa shape index (κ3) is 1.27. The van der Waals surface area contributed by atoms with Gasteiger partial charge in [-0.1, -0.05) is 26.0 Å². The van der Waals surface area contributed by atoms with Crippen LogP contribution >= 0.6 is 8.38 Å². The van der Waals surface area contributed by atoms with Crippen molar-refractivity contribution in [2.24, 2.45) is 0 Å². The number of hydrogen-bond donors (Lipinski definition) is 0. The van der Waals surface area contributed by atoms with Gasteiger partial charge in [0.25, 0.3) is 8.38 Å². The molecule has 0 amide bonds. The zero-order valence-corrected chi connectivity index (χ0v) is 8.04. The van der Waals surface area contributed by atoms with Crippen LogP contribution in [0, 0.1) is 0 Å². The highest BCUT2D eigenvalue weighted by atomic mass is 31.2. The molecule has 0 atom stereocenters. The molecule has 3 heteroatoms. The zero-order chi connectivity index (χ0) is 8.55. The predicted molar refractivity (Wildman–Crippen MR) is 49.8 cm³/mol. The number of benzene rings is 1. The summed E-state index contributed by atoms with van der Waals surface area (Å²) in [4.78, 5) is 0. The minimum atomic E-state index is -0.731. The summed E-state index contributed by atoms with van der Waals surface area (Å²) in [7, 11) is -0.731. The van der Waals surface area contributed by atoms with Crippen molar-refractivity contribution in [3.63, 3.8) is 0 Å². The van der Waals surface area contributed by atoms with Crippen molar-refractivity contribution in [3.8, 4) is 11.5 Å². The molecule has 1 aliphatic rings. The molecule has 1 aromatic carbocycles. The fourth-order valence-corrected chi connectivity index (χ4v) is 2.17. The highest BCUT2D eigenvalue weighted by Gasteiger charge is 2.27. The Balaban J connectivity index is 2.22. The summed E-state index contributed by atoms with van der Waals surface area (Å²) in [5, 5.41) is 0. The van der Waals surface area contributed by atoms with Gasteiger partial charge in [0.1, 0.15) is 0 Å². The van der Waals surface area contributed by atoms with E-state index < -0.39 is 8.38 Å². The smallest absolute Gasteiger partial charge is 0.293 e. The standard InChI is InChI=1S/C9H11O2P/c1-7(2)12-10-8-5-3-4-6-9(8)11-12/h3-7H,1-2H3. The molecule has 1 aliphatic heterocycles. The average molecular weight is 182 g/mol. The van der Waals surface area contributed by atoms with Crippen molar-refractivity contribution >= 4 is 8.38 Å². The van der Waals surface area contributed by atoms with Crippen LogP contribution in [0.2, 0.25) is 0 Å². The predicted octanol–water partition coefficient (Wildman–Crippen LogP) is 3.18. The Morgan fingerprint density at radius 2 is 1.58 bits per heavy atom. The van der Waals surface area contributed by atoms with Gasteiger partial charge in [-0.25, -0.2) is 0 Å². The molecule has 0 aliphatic carbocycles. The monoisotopic (exact) mass is 182 g/mol. The Bertz CT molecular complexity index is 261. The Labute approximate surface area is 73.4 Å². The van der Waals surface area contributed by atoms with E-state index in [1.54, 1.807) is 0 Å². The van der Waals surface area contributed by atoms with Gasteiger partial charge < -0.3 is 9.05 Å². The zero-order valence-electron chi connectivity index (χ0n) is 7.15. The van der Waals surface area contributed by atoms with Crippen molar-refractivity contribution in [2.45, 2.75) is 19.5 Å². The highest BCUT2D eigenvalue weighted by Crippen LogP contribution is 2.54. The molecule has 0 aromatic heterocycles. The lowest BCUT2D eigenvalue weighted by Gasteiger charge is -2.10. The first-order valence-electron chi connectivity index (χ1n) is 4.01. The Morgan fingerprint density at radius 1 is 1.08 bits per heavy atom. The van der Waals surface area contributed by atoms with Gasteiger partial charge in [0.2, 0.25) is 0 Å². The molecule has 0 spiro atoms. The lowest BCUT2D eigenvalue weighted by molar-refractivity contribution is 0.559.